The Morgan fingerprint density at radius 3 is 2.73 bits per heavy atom. The predicted octanol–water partition coefficient (Wildman–Crippen LogP) is 5.23. The highest BCUT2D eigenvalue weighted by atomic mass is 79.9. The van der Waals surface area contributed by atoms with Crippen LogP contribution in [0.3, 0.4) is 0 Å². The highest BCUT2D eigenvalue weighted by molar-refractivity contribution is 9.10. The van der Waals surface area contributed by atoms with Gasteiger partial charge in [-0.3, -0.25) is 14.9 Å². The number of allylic oxidation sites excluding steroid dienone is 1. The molecule has 0 atom stereocenters. The molecule has 0 amide bonds. The Labute approximate surface area is 156 Å². The standard InChI is InChI=1S/C19H10BrNO5/c20-12-4-6-17-15(9-12)19(22)18(26-17)10-14-5-7-16(25-14)11-2-1-3-13(8-11)21(23)24/h1-10H/b18-10-. The molecule has 0 fully saturated rings. The lowest BCUT2D eigenvalue weighted by Gasteiger charge is -1.98. The normalized spacial score (nSPS) is 14.3. The molecule has 0 radical (unpaired) electrons. The summed E-state index contributed by atoms with van der Waals surface area (Å²) in [6.45, 7) is 0. The number of ether oxygens (including phenoxy) is 1. The van der Waals surface area contributed by atoms with Crippen LogP contribution >= 0.6 is 15.9 Å². The van der Waals surface area contributed by atoms with Crippen molar-refractivity contribution in [2.45, 2.75) is 0 Å². The zero-order chi connectivity index (χ0) is 18.3. The van der Waals surface area contributed by atoms with Crippen LogP contribution in [-0.4, -0.2) is 10.7 Å². The van der Waals surface area contributed by atoms with Crippen LogP contribution < -0.4 is 4.74 Å². The zero-order valence-electron chi connectivity index (χ0n) is 13.1. The number of ketones is 1. The summed E-state index contributed by atoms with van der Waals surface area (Å²) < 4.78 is 12.1. The zero-order valence-corrected chi connectivity index (χ0v) is 14.7. The van der Waals surface area contributed by atoms with Gasteiger partial charge in [0.15, 0.2) is 5.76 Å². The Hall–Kier alpha value is -3.19. The van der Waals surface area contributed by atoms with Gasteiger partial charge in [-0.15, -0.1) is 0 Å². The van der Waals surface area contributed by atoms with Gasteiger partial charge in [0.05, 0.1) is 10.5 Å². The summed E-state index contributed by atoms with van der Waals surface area (Å²) in [6.07, 6.45) is 1.51. The Morgan fingerprint density at radius 1 is 1.08 bits per heavy atom. The van der Waals surface area contributed by atoms with Crippen molar-refractivity contribution >= 4 is 33.5 Å². The number of nitro groups is 1. The van der Waals surface area contributed by atoms with E-state index in [1.807, 2.05) is 0 Å². The molecule has 2 aromatic carbocycles. The largest absolute Gasteiger partial charge is 0.457 e. The molecule has 0 unspecified atom stereocenters. The predicted molar refractivity (Wildman–Crippen MR) is 97.9 cm³/mol. The second-order valence-corrected chi connectivity index (χ2v) is 6.51. The number of furan rings is 1. The van der Waals surface area contributed by atoms with Crippen molar-refractivity contribution in [3.63, 3.8) is 0 Å². The summed E-state index contributed by atoms with van der Waals surface area (Å²) >= 11 is 3.33. The number of hydrogen-bond acceptors (Lipinski definition) is 5. The van der Waals surface area contributed by atoms with Crippen molar-refractivity contribution in [1.82, 2.24) is 0 Å². The lowest BCUT2D eigenvalue weighted by molar-refractivity contribution is -0.384. The van der Waals surface area contributed by atoms with Gasteiger partial charge < -0.3 is 9.15 Å². The van der Waals surface area contributed by atoms with Crippen LogP contribution in [-0.2, 0) is 0 Å². The van der Waals surface area contributed by atoms with Crippen LogP contribution in [0.5, 0.6) is 5.75 Å². The first-order chi connectivity index (χ1) is 12.5. The number of halogens is 1. The molecule has 3 aromatic rings. The van der Waals surface area contributed by atoms with Crippen LogP contribution in [0.4, 0.5) is 5.69 Å². The molecule has 26 heavy (non-hydrogen) atoms. The van der Waals surface area contributed by atoms with Crippen LogP contribution in [0.15, 0.2) is 69.2 Å². The van der Waals surface area contributed by atoms with Crippen molar-refractivity contribution in [2.24, 2.45) is 0 Å². The number of hydrogen-bond donors (Lipinski definition) is 0. The highest BCUT2D eigenvalue weighted by Gasteiger charge is 2.27. The number of fused-ring (bicyclic) bond motifs is 1. The number of Topliss-reactive ketones (excluding diaryl/α,β-unsaturated/α-hetero) is 1. The molecule has 0 saturated heterocycles. The smallest absolute Gasteiger partial charge is 0.270 e. The minimum Gasteiger partial charge on any atom is -0.457 e. The van der Waals surface area contributed by atoms with E-state index in [0.29, 0.717) is 28.4 Å². The molecule has 0 saturated carbocycles. The van der Waals surface area contributed by atoms with Crippen molar-refractivity contribution in [3.05, 3.63) is 86.3 Å². The number of carbonyl (C=O) groups is 1. The summed E-state index contributed by atoms with van der Waals surface area (Å²) in [5.41, 5.74) is 1.04. The van der Waals surface area contributed by atoms with E-state index in [-0.39, 0.29) is 17.2 Å². The van der Waals surface area contributed by atoms with Crippen LogP contribution in [0.25, 0.3) is 17.4 Å². The first kappa shape index (κ1) is 16.3. The number of nitrogens with zero attached hydrogens (tertiary/aromatic N) is 1. The van der Waals surface area contributed by atoms with Crippen molar-refractivity contribution in [3.8, 4) is 17.1 Å². The van der Waals surface area contributed by atoms with Gasteiger partial charge in [-0.2, -0.15) is 0 Å². The van der Waals surface area contributed by atoms with Gasteiger partial charge in [0.1, 0.15) is 17.3 Å². The minimum absolute atomic E-state index is 0.0193. The summed E-state index contributed by atoms with van der Waals surface area (Å²) in [5, 5.41) is 10.9. The third-order valence-corrected chi connectivity index (χ3v) is 4.36. The van der Waals surface area contributed by atoms with Crippen molar-refractivity contribution in [2.75, 3.05) is 0 Å². The Morgan fingerprint density at radius 2 is 1.92 bits per heavy atom. The van der Waals surface area contributed by atoms with E-state index in [1.165, 1.54) is 18.2 Å². The van der Waals surface area contributed by atoms with E-state index in [9.17, 15) is 14.9 Å². The van der Waals surface area contributed by atoms with E-state index in [1.54, 1.807) is 42.5 Å². The van der Waals surface area contributed by atoms with E-state index >= 15 is 0 Å². The SMILES string of the molecule is O=C1/C(=C/c2ccc(-c3cccc([N+](=O)[O-])c3)o2)Oc2ccc(Br)cc21. The Bertz CT molecular complexity index is 1080. The molecule has 0 aliphatic carbocycles. The second kappa shape index (κ2) is 6.27. The van der Waals surface area contributed by atoms with Gasteiger partial charge in [0.25, 0.3) is 5.69 Å². The van der Waals surface area contributed by atoms with E-state index < -0.39 is 4.92 Å². The summed E-state index contributed by atoms with van der Waals surface area (Å²) in [4.78, 5) is 22.9. The first-order valence-corrected chi connectivity index (χ1v) is 8.39. The number of rotatable bonds is 3. The van der Waals surface area contributed by atoms with Crippen LogP contribution in [0.1, 0.15) is 16.1 Å². The quantitative estimate of drug-likeness (QED) is 0.334. The minimum atomic E-state index is -0.463. The fourth-order valence-electron chi connectivity index (χ4n) is 2.65. The molecule has 1 aliphatic heterocycles. The monoisotopic (exact) mass is 411 g/mol. The van der Waals surface area contributed by atoms with E-state index in [0.717, 1.165) is 4.47 Å². The van der Waals surface area contributed by atoms with Gasteiger partial charge in [0, 0.05) is 28.2 Å². The lowest BCUT2D eigenvalue weighted by atomic mass is 10.1. The number of carbonyl (C=O) groups excluding carboxylic acids is 1. The molecule has 0 spiro atoms. The third kappa shape index (κ3) is 2.93. The maximum absolute atomic E-state index is 12.4. The van der Waals surface area contributed by atoms with Gasteiger partial charge in [-0.25, -0.2) is 0 Å². The topological polar surface area (TPSA) is 82.6 Å². The maximum atomic E-state index is 12.4. The van der Waals surface area contributed by atoms with E-state index in [4.69, 9.17) is 9.15 Å². The molecule has 1 aliphatic rings. The molecular formula is C19H10BrNO5. The first-order valence-electron chi connectivity index (χ1n) is 7.60. The van der Waals surface area contributed by atoms with Crippen LogP contribution in [0, 0.1) is 10.1 Å². The van der Waals surface area contributed by atoms with Gasteiger partial charge in [0.2, 0.25) is 5.78 Å². The van der Waals surface area contributed by atoms with Crippen LogP contribution in [0.2, 0.25) is 0 Å². The second-order valence-electron chi connectivity index (χ2n) is 5.59. The molecule has 0 bridgehead atoms. The summed E-state index contributed by atoms with van der Waals surface area (Å²) in [5.74, 6) is 1.32. The average Bonchev–Trinajstić information content (AvgIpc) is 3.21. The maximum Gasteiger partial charge on any atom is 0.270 e. The van der Waals surface area contributed by atoms with Gasteiger partial charge in [-0.1, -0.05) is 28.1 Å². The fourth-order valence-corrected chi connectivity index (χ4v) is 3.01. The number of benzene rings is 2. The highest BCUT2D eigenvalue weighted by Crippen LogP contribution is 2.34. The molecule has 6 nitrogen and oxygen atoms in total. The molecule has 128 valence electrons. The molecule has 2 heterocycles. The van der Waals surface area contributed by atoms with E-state index in [2.05, 4.69) is 15.9 Å². The number of nitro benzene ring substituents is 1. The number of non-ortho nitro benzene ring substituents is 1. The summed E-state index contributed by atoms with van der Waals surface area (Å²) in [7, 11) is 0. The molecule has 7 heteroatoms. The Kier molecular flexibility index (Phi) is 3.93. The lowest BCUT2D eigenvalue weighted by Crippen LogP contribution is -1.97. The van der Waals surface area contributed by atoms with Gasteiger partial charge >= 0.3 is 0 Å². The summed E-state index contributed by atoms with van der Waals surface area (Å²) in [6, 6.07) is 14.7. The third-order valence-electron chi connectivity index (χ3n) is 3.87. The molecular weight excluding hydrogens is 402 g/mol. The Balaban J connectivity index is 1.64. The molecule has 1 aromatic heterocycles. The van der Waals surface area contributed by atoms with Crippen molar-refractivity contribution in [1.29, 1.82) is 0 Å². The molecule has 0 N–H and O–H groups in total. The van der Waals surface area contributed by atoms with Crippen molar-refractivity contribution < 1.29 is 18.9 Å². The fraction of sp³-hybridized carbons (Fsp3) is 0. The van der Waals surface area contributed by atoms with Gasteiger partial charge in [-0.05, 0) is 30.3 Å². The average molecular weight is 412 g/mol. The molecule has 4 rings (SSSR count).